The molecule has 0 heterocycles. The zero-order chi connectivity index (χ0) is 13.0. The summed E-state index contributed by atoms with van der Waals surface area (Å²) in [5, 5.41) is 3.38. The van der Waals surface area contributed by atoms with Crippen molar-refractivity contribution >= 4 is 0 Å². The molecule has 1 N–H and O–H groups in total. The van der Waals surface area contributed by atoms with Gasteiger partial charge in [0.15, 0.2) is 0 Å². The Hall–Kier alpha value is -1.60. The van der Waals surface area contributed by atoms with E-state index in [2.05, 4.69) is 73.8 Å². The van der Waals surface area contributed by atoms with Crippen molar-refractivity contribution in [3.05, 3.63) is 71.3 Å². The number of hydrogen-bond acceptors (Lipinski definition) is 1. The summed E-state index contributed by atoms with van der Waals surface area (Å²) in [6.45, 7) is 4.45. The minimum atomic E-state index is 0.271. The molecule has 0 aliphatic carbocycles. The molecule has 0 aliphatic rings. The van der Waals surface area contributed by atoms with Crippen LogP contribution in [0.1, 0.15) is 42.5 Å². The van der Waals surface area contributed by atoms with Crippen LogP contribution in [0.15, 0.2) is 54.6 Å². The fourth-order valence-electron chi connectivity index (χ4n) is 2.24. The van der Waals surface area contributed by atoms with E-state index in [9.17, 15) is 0 Å². The second kappa shape index (κ2) is 5.83. The van der Waals surface area contributed by atoms with Gasteiger partial charge in [0.1, 0.15) is 0 Å². The van der Waals surface area contributed by atoms with Crippen LogP contribution in [0, 0.1) is 0 Å². The maximum atomic E-state index is 3.38. The van der Waals surface area contributed by atoms with E-state index in [1.54, 1.807) is 0 Å². The molecule has 18 heavy (non-hydrogen) atoms. The van der Waals surface area contributed by atoms with E-state index in [0.717, 1.165) is 0 Å². The summed E-state index contributed by atoms with van der Waals surface area (Å²) >= 11 is 0. The highest BCUT2D eigenvalue weighted by Gasteiger charge is 2.11. The second-order valence-electron chi connectivity index (χ2n) is 4.95. The molecule has 1 nitrogen and oxygen atoms in total. The van der Waals surface area contributed by atoms with Crippen molar-refractivity contribution in [2.24, 2.45) is 0 Å². The second-order valence-corrected chi connectivity index (χ2v) is 4.95. The lowest BCUT2D eigenvalue weighted by molar-refractivity contribution is 0.691. The molecule has 0 fully saturated rings. The molecule has 0 aromatic heterocycles. The summed E-state index contributed by atoms with van der Waals surface area (Å²) in [5.74, 6) is 0.587. The Bertz CT molecular complexity index is 471. The molecule has 94 valence electrons. The van der Waals surface area contributed by atoms with E-state index in [1.165, 1.54) is 16.7 Å². The lowest BCUT2D eigenvalue weighted by Gasteiger charge is -2.18. The van der Waals surface area contributed by atoms with Gasteiger partial charge in [0, 0.05) is 0 Å². The molecular weight excluding hydrogens is 218 g/mol. The average molecular weight is 239 g/mol. The van der Waals surface area contributed by atoms with Crippen LogP contribution in [-0.4, -0.2) is 7.05 Å². The van der Waals surface area contributed by atoms with E-state index < -0.39 is 0 Å². The van der Waals surface area contributed by atoms with E-state index in [1.807, 2.05) is 7.05 Å². The van der Waals surface area contributed by atoms with Crippen molar-refractivity contribution in [3.63, 3.8) is 0 Å². The zero-order valence-electron chi connectivity index (χ0n) is 11.4. The Morgan fingerprint density at radius 3 is 1.72 bits per heavy atom. The molecule has 1 atom stereocenters. The fraction of sp³-hybridized carbons (Fsp3) is 0.294. The minimum absolute atomic E-state index is 0.271. The first kappa shape index (κ1) is 12.8. The first-order chi connectivity index (χ1) is 8.72. The van der Waals surface area contributed by atoms with Gasteiger partial charge >= 0.3 is 0 Å². The quantitative estimate of drug-likeness (QED) is 0.846. The van der Waals surface area contributed by atoms with Crippen molar-refractivity contribution in [1.29, 1.82) is 0 Å². The summed E-state index contributed by atoms with van der Waals surface area (Å²) in [7, 11) is 2.01. The topological polar surface area (TPSA) is 12.0 Å². The predicted molar refractivity (Wildman–Crippen MR) is 77.9 cm³/mol. The Morgan fingerprint density at radius 2 is 1.22 bits per heavy atom. The number of rotatable bonds is 4. The molecule has 0 spiro atoms. The molecule has 0 saturated heterocycles. The van der Waals surface area contributed by atoms with Crippen LogP contribution in [0.4, 0.5) is 0 Å². The summed E-state index contributed by atoms with van der Waals surface area (Å²) in [6, 6.07) is 19.7. The van der Waals surface area contributed by atoms with Crippen molar-refractivity contribution in [2.45, 2.75) is 25.8 Å². The Kier molecular flexibility index (Phi) is 4.16. The first-order valence-electron chi connectivity index (χ1n) is 6.54. The van der Waals surface area contributed by atoms with Crippen LogP contribution in [0.2, 0.25) is 0 Å². The van der Waals surface area contributed by atoms with Gasteiger partial charge in [0.25, 0.3) is 0 Å². The molecular formula is C17H21N. The van der Waals surface area contributed by atoms with Crippen molar-refractivity contribution < 1.29 is 0 Å². The monoisotopic (exact) mass is 239 g/mol. The summed E-state index contributed by atoms with van der Waals surface area (Å²) in [5.41, 5.74) is 4.01. The molecule has 0 radical (unpaired) electrons. The van der Waals surface area contributed by atoms with Gasteiger partial charge in [-0.2, -0.15) is 0 Å². The van der Waals surface area contributed by atoms with Crippen molar-refractivity contribution in [1.82, 2.24) is 5.32 Å². The smallest absolute Gasteiger partial charge is 0.0574 e. The third-order valence-corrected chi connectivity index (χ3v) is 3.36. The van der Waals surface area contributed by atoms with Gasteiger partial charge in [-0.1, -0.05) is 68.4 Å². The van der Waals surface area contributed by atoms with Gasteiger partial charge in [-0.05, 0) is 29.7 Å². The zero-order valence-corrected chi connectivity index (χ0v) is 11.4. The third-order valence-electron chi connectivity index (χ3n) is 3.36. The Labute approximate surface area is 110 Å². The van der Waals surface area contributed by atoms with E-state index in [-0.39, 0.29) is 6.04 Å². The maximum absolute atomic E-state index is 3.38. The first-order valence-corrected chi connectivity index (χ1v) is 6.54. The Morgan fingerprint density at radius 1 is 0.722 bits per heavy atom. The number of nitrogens with one attached hydrogen (secondary N) is 1. The molecule has 0 bridgehead atoms. The van der Waals surface area contributed by atoms with Gasteiger partial charge < -0.3 is 5.32 Å². The average Bonchev–Trinajstić information content (AvgIpc) is 2.41. The van der Waals surface area contributed by atoms with E-state index >= 15 is 0 Å². The van der Waals surface area contributed by atoms with Crippen LogP contribution >= 0.6 is 0 Å². The summed E-state index contributed by atoms with van der Waals surface area (Å²) in [4.78, 5) is 0. The summed E-state index contributed by atoms with van der Waals surface area (Å²) < 4.78 is 0. The van der Waals surface area contributed by atoms with Gasteiger partial charge in [0.2, 0.25) is 0 Å². The molecule has 2 aromatic rings. The largest absolute Gasteiger partial charge is 0.309 e. The third kappa shape index (κ3) is 2.80. The van der Waals surface area contributed by atoms with Crippen LogP contribution < -0.4 is 5.32 Å². The van der Waals surface area contributed by atoms with E-state index in [0.29, 0.717) is 5.92 Å². The SMILES string of the molecule is CNC(c1ccccc1)c1ccc(C(C)C)cc1. The highest BCUT2D eigenvalue weighted by molar-refractivity contribution is 5.34. The van der Waals surface area contributed by atoms with Gasteiger partial charge in [-0.15, -0.1) is 0 Å². The number of benzene rings is 2. The normalized spacial score (nSPS) is 12.7. The molecule has 1 unspecified atom stereocenters. The van der Waals surface area contributed by atoms with Crippen LogP contribution in [0.3, 0.4) is 0 Å². The van der Waals surface area contributed by atoms with Gasteiger partial charge in [-0.3, -0.25) is 0 Å². The maximum Gasteiger partial charge on any atom is 0.0574 e. The summed E-state index contributed by atoms with van der Waals surface area (Å²) in [6.07, 6.45) is 0. The van der Waals surface area contributed by atoms with Gasteiger partial charge in [-0.25, -0.2) is 0 Å². The number of hydrogen-bond donors (Lipinski definition) is 1. The fourth-order valence-corrected chi connectivity index (χ4v) is 2.24. The van der Waals surface area contributed by atoms with Crippen LogP contribution in [0.25, 0.3) is 0 Å². The lowest BCUT2D eigenvalue weighted by Crippen LogP contribution is -2.17. The van der Waals surface area contributed by atoms with Crippen LogP contribution in [-0.2, 0) is 0 Å². The standard InChI is InChI=1S/C17H21N/c1-13(2)14-9-11-16(12-10-14)17(18-3)15-7-5-4-6-8-15/h4-13,17-18H,1-3H3. The highest BCUT2D eigenvalue weighted by atomic mass is 14.9. The molecule has 1 heteroatoms. The van der Waals surface area contributed by atoms with Gasteiger partial charge in [0.05, 0.1) is 6.04 Å². The van der Waals surface area contributed by atoms with Crippen molar-refractivity contribution in [2.75, 3.05) is 7.05 Å². The minimum Gasteiger partial charge on any atom is -0.309 e. The highest BCUT2D eigenvalue weighted by Crippen LogP contribution is 2.23. The van der Waals surface area contributed by atoms with E-state index in [4.69, 9.17) is 0 Å². The predicted octanol–water partition coefficient (Wildman–Crippen LogP) is 4.12. The van der Waals surface area contributed by atoms with Crippen LogP contribution in [0.5, 0.6) is 0 Å². The molecule has 0 amide bonds. The van der Waals surface area contributed by atoms with Crippen molar-refractivity contribution in [3.8, 4) is 0 Å². The molecule has 0 saturated carbocycles. The molecule has 0 aliphatic heterocycles. The Balaban J connectivity index is 2.28. The molecule has 2 rings (SSSR count). The lowest BCUT2D eigenvalue weighted by atomic mass is 9.95. The molecule has 2 aromatic carbocycles.